The molecule has 1 aliphatic carbocycles. The van der Waals surface area contributed by atoms with E-state index in [1.165, 1.54) is 12.8 Å². The number of aliphatic hydroxyl groups is 1. The van der Waals surface area contributed by atoms with E-state index in [0.29, 0.717) is 24.1 Å². The molecule has 2 fully saturated rings. The summed E-state index contributed by atoms with van der Waals surface area (Å²) in [6.45, 7) is 8.41. The lowest BCUT2D eigenvalue weighted by Crippen LogP contribution is -2.44. The second-order valence-electron chi connectivity index (χ2n) is 8.90. The molecule has 1 saturated carbocycles. The lowest BCUT2D eigenvalue weighted by molar-refractivity contribution is 0.0351. The number of rotatable bonds is 5. The Labute approximate surface area is 168 Å². The van der Waals surface area contributed by atoms with Crippen LogP contribution in [0.5, 0.6) is 0 Å². The minimum atomic E-state index is -0.629. The predicted molar refractivity (Wildman–Crippen MR) is 116 cm³/mol. The van der Waals surface area contributed by atoms with Gasteiger partial charge in [-0.3, -0.25) is 4.79 Å². The molecule has 6 nitrogen and oxygen atoms in total. The lowest BCUT2D eigenvalue weighted by atomic mass is 9.87. The SMILES string of the molecule is CCNc1cc(N2CCC(C)(O)CC2)c(C(=O)N[C@H]2CC[C@H](C)CC2)cc1N. The van der Waals surface area contributed by atoms with Crippen LogP contribution in [0, 0.1) is 5.92 Å². The molecule has 1 aromatic rings. The van der Waals surface area contributed by atoms with Gasteiger partial charge in [-0.25, -0.2) is 0 Å². The number of hydrogen-bond donors (Lipinski definition) is 4. The fourth-order valence-corrected chi connectivity index (χ4v) is 4.29. The third-order valence-corrected chi connectivity index (χ3v) is 6.31. The number of anilines is 3. The van der Waals surface area contributed by atoms with E-state index >= 15 is 0 Å². The van der Waals surface area contributed by atoms with E-state index in [1.54, 1.807) is 6.07 Å². The number of benzene rings is 1. The van der Waals surface area contributed by atoms with E-state index in [0.717, 1.165) is 49.8 Å². The monoisotopic (exact) mass is 388 g/mol. The fourth-order valence-electron chi connectivity index (χ4n) is 4.29. The van der Waals surface area contributed by atoms with Gasteiger partial charge in [0.25, 0.3) is 5.91 Å². The van der Waals surface area contributed by atoms with Gasteiger partial charge < -0.3 is 26.4 Å². The van der Waals surface area contributed by atoms with Crippen molar-refractivity contribution in [2.24, 2.45) is 5.92 Å². The van der Waals surface area contributed by atoms with Gasteiger partial charge in [-0.15, -0.1) is 0 Å². The van der Waals surface area contributed by atoms with Crippen molar-refractivity contribution in [3.63, 3.8) is 0 Å². The topological polar surface area (TPSA) is 90.6 Å². The molecule has 2 aliphatic rings. The second-order valence-corrected chi connectivity index (χ2v) is 8.90. The van der Waals surface area contributed by atoms with Gasteiger partial charge in [0, 0.05) is 25.7 Å². The zero-order chi connectivity index (χ0) is 20.3. The molecule has 1 amide bonds. The van der Waals surface area contributed by atoms with Crippen LogP contribution in [0.25, 0.3) is 0 Å². The zero-order valence-electron chi connectivity index (χ0n) is 17.6. The molecule has 1 aliphatic heterocycles. The van der Waals surface area contributed by atoms with E-state index in [2.05, 4.69) is 22.5 Å². The maximum atomic E-state index is 13.1. The van der Waals surface area contributed by atoms with Crippen LogP contribution in [0.1, 0.15) is 69.7 Å². The van der Waals surface area contributed by atoms with Crippen molar-refractivity contribution in [3.8, 4) is 0 Å². The van der Waals surface area contributed by atoms with Crippen molar-refractivity contribution in [2.45, 2.75) is 70.9 Å². The van der Waals surface area contributed by atoms with Crippen molar-refractivity contribution in [1.29, 1.82) is 0 Å². The molecule has 0 unspecified atom stereocenters. The molecular weight excluding hydrogens is 352 g/mol. The first-order valence-electron chi connectivity index (χ1n) is 10.7. The molecule has 1 saturated heterocycles. The van der Waals surface area contributed by atoms with E-state index < -0.39 is 5.60 Å². The van der Waals surface area contributed by atoms with Gasteiger partial charge in [-0.1, -0.05) is 6.92 Å². The highest BCUT2D eigenvalue weighted by Crippen LogP contribution is 2.34. The smallest absolute Gasteiger partial charge is 0.253 e. The number of piperidine rings is 1. The first kappa shape index (κ1) is 20.8. The summed E-state index contributed by atoms with van der Waals surface area (Å²) in [6, 6.07) is 4.05. The van der Waals surface area contributed by atoms with Gasteiger partial charge in [-0.05, 0) is 70.4 Å². The molecule has 0 bridgehead atoms. The average molecular weight is 389 g/mol. The van der Waals surface area contributed by atoms with Crippen LogP contribution >= 0.6 is 0 Å². The number of amides is 1. The zero-order valence-corrected chi connectivity index (χ0v) is 17.6. The van der Waals surface area contributed by atoms with E-state index in [-0.39, 0.29) is 11.9 Å². The second kappa shape index (κ2) is 8.60. The number of nitrogen functional groups attached to an aromatic ring is 1. The Morgan fingerprint density at radius 1 is 1.25 bits per heavy atom. The van der Waals surface area contributed by atoms with Gasteiger partial charge in [0.15, 0.2) is 0 Å². The minimum Gasteiger partial charge on any atom is -0.397 e. The Bertz CT molecular complexity index is 686. The number of nitrogens with zero attached hydrogens (tertiary/aromatic N) is 1. The van der Waals surface area contributed by atoms with E-state index in [1.807, 2.05) is 19.9 Å². The van der Waals surface area contributed by atoms with E-state index in [9.17, 15) is 9.90 Å². The van der Waals surface area contributed by atoms with Crippen molar-refractivity contribution in [2.75, 3.05) is 35.6 Å². The van der Waals surface area contributed by atoms with Crippen LogP contribution in [-0.2, 0) is 0 Å². The van der Waals surface area contributed by atoms with Crippen molar-refractivity contribution >= 4 is 23.0 Å². The summed E-state index contributed by atoms with van der Waals surface area (Å²) < 4.78 is 0. The molecular formula is C22H36N4O2. The molecule has 0 radical (unpaired) electrons. The average Bonchev–Trinajstić information content (AvgIpc) is 2.65. The fraction of sp³-hybridized carbons (Fsp3) is 0.682. The molecule has 5 N–H and O–H groups in total. The number of nitrogens with one attached hydrogen (secondary N) is 2. The highest BCUT2D eigenvalue weighted by atomic mass is 16.3. The Kier molecular flexibility index (Phi) is 6.38. The van der Waals surface area contributed by atoms with Crippen LogP contribution in [-0.4, -0.2) is 42.3 Å². The summed E-state index contributed by atoms with van der Waals surface area (Å²) in [4.78, 5) is 15.3. The summed E-state index contributed by atoms with van der Waals surface area (Å²) in [5, 5.41) is 16.8. The summed E-state index contributed by atoms with van der Waals surface area (Å²) in [5.41, 5.74) is 8.60. The highest BCUT2D eigenvalue weighted by Gasteiger charge is 2.30. The molecule has 1 aromatic carbocycles. The number of nitrogens with two attached hydrogens (primary N) is 1. The van der Waals surface area contributed by atoms with Crippen molar-refractivity contribution < 1.29 is 9.90 Å². The third-order valence-electron chi connectivity index (χ3n) is 6.31. The summed E-state index contributed by atoms with van der Waals surface area (Å²) in [5.74, 6) is 0.710. The van der Waals surface area contributed by atoms with Crippen LogP contribution in [0.3, 0.4) is 0 Å². The molecule has 6 heteroatoms. The number of carbonyl (C=O) groups is 1. The Morgan fingerprint density at radius 3 is 2.50 bits per heavy atom. The molecule has 156 valence electrons. The van der Waals surface area contributed by atoms with Gasteiger partial charge in [0.05, 0.1) is 28.2 Å². The summed E-state index contributed by atoms with van der Waals surface area (Å²) in [7, 11) is 0. The van der Waals surface area contributed by atoms with Crippen molar-refractivity contribution in [3.05, 3.63) is 17.7 Å². The molecule has 0 spiro atoms. The summed E-state index contributed by atoms with van der Waals surface area (Å²) >= 11 is 0. The first-order chi connectivity index (χ1) is 13.3. The first-order valence-corrected chi connectivity index (χ1v) is 10.7. The van der Waals surface area contributed by atoms with Crippen LogP contribution in [0.2, 0.25) is 0 Å². The normalized spacial score (nSPS) is 24.6. The Morgan fingerprint density at radius 2 is 1.89 bits per heavy atom. The van der Waals surface area contributed by atoms with Crippen molar-refractivity contribution in [1.82, 2.24) is 5.32 Å². The molecule has 28 heavy (non-hydrogen) atoms. The number of carbonyl (C=O) groups excluding carboxylic acids is 1. The minimum absolute atomic E-state index is 0.0402. The predicted octanol–water partition coefficient (Wildman–Crippen LogP) is 3.36. The van der Waals surface area contributed by atoms with Crippen LogP contribution in [0.4, 0.5) is 17.1 Å². The third kappa shape index (κ3) is 4.90. The largest absolute Gasteiger partial charge is 0.397 e. The molecule has 1 heterocycles. The van der Waals surface area contributed by atoms with E-state index in [4.69, 9.17) is 5.73 Å². The van der Waals surface area contributed by atoms with Crippen LogP contribution in [0.15, 0.2) is 12.1 Å². The molecule has 3 rings (SSSR count). The molecule has 0 aromatic heterocycles. The van der Waals surface area contributed by atoms with Gasteiger partial charge in [0.2, 0.25) is 0 Å². The van der Waals surface area contributed by atoms with Gasteiger partial charge >= 0.3 is 0 Å². The summed E-state index contributed by atoms with van der Waals surface area (Å²) in [6.07, 6.45) is 5.80. The van der Waals surface area contributed by atoms with Gasteiger partial charge in [0.1, 0.15) is 0 Å². The standard InChI is InChI=1S/C22H36N4O2/c1-4-24-19-14-20(26-11-9-22(3,28)10-12-26)17(13-18(19)23)21(27)25-16-7-5-15(2)6-8-16/h13-16,24,28H,4-12,23H2,1-3H3,(H,25,27)/t15-,16-. The van der Waals surface area contributed by atoms with Crippen LogP contribution < -0.4 is 21.3 Å². The Balaban J connectivity index is 1.84. The number of hydrogen-bond acceptors (Lipinski definition) is 5. The maximum absolute atomic E-state index is 13.1. The Hall–Kier alpha value is -1.95. The molecule has 0 atom stereocenters. The maximum Gasteiger partial charge on any atom is 0.253 e. The van der Waals surface area contributed by atoms with Gasteiger partial charge in [-0.2, -0.15) is 0 Å². The lowest BCUT2D eigenvalue weighted by Gasteiger charge is -2.38. The quantitative estimate of drug-likeness (QED) is 0.581. The highest BCUT2D eigenvalue weighted by molar-refractivity contribution is 6.02.